The maximum atomic E-state index is 4.42. The summed E-state index contributed by atoms with van der Waals surface area (Å²) in [5, 5.41) is 3.61. The Hall–Kier alpha value is -0.830. The van der Waals surface area contributed by atoms with Gasteiger partial charge in [-0.25, -0.2) is 4.98 Å². The SMILES string of the molecule is c1ncn(C2CCCCCCC2)c1C1CCCN1. The summed E-state index contributed by atoms with van der Waals surface area (Å²) < 4.78 is 2.48. The van der Waals surface area contributed by atoms with Gasteiger partial charge in [-0.15, -0.1) is 0 Å². The lowest BCUT2D eigenvalue weighted by atomic mass is 9.96. The van der Waals surface area contributed by atoms with Crippen LogP contribution in [0.5, 0.6) is 0 Å². The molecule has 3 rings (SSSR count). The number of aromatic nitrogens is 2. The molecule has 1 N–H and O–H groups in total. The quantitative estimate of drug-likeness (QED) is 0.865. The fourth-order valence-corrected chi connectivity index (χ4v) is 3.54. The molecule has 1 aromatic heterocycles. The van der Waals surface area contributed by atoms with Crippen molar-refractivity contribution in [1.82, 2.24) is 14.9 Å². The lowest BCUT2D eigenvalue weighted by molar-refractivity contribution is 0.358. The Morgan fingerprint density at radius 1 is 1.00 bits per heavy atom. The van der Waals surface area contributed by atoms with Gasteiger partial charge in [0.05, 0.1) is 12.0 Å². The average Bonchev–Trinajstić information content (AvgIpc) is 2.98. The summed E-state index contributed by atoms with van der Waals surface area (Å²) in [5.74, 6) is 0. The zero-order valence-corrected chi connectivity index (χ0v) is 11.3. The van der Waals surface area contributed by atoms with Crippen LogP contribution in [0, 0.1) is 0 Å². The number of imidazole rings is 1. The molecular weight excluding hydrogens is 222 g/mol. The Balaban J connectivity index is 1.75. The van der Waals surface area contributed by atoms with E-state index >= 15 is 0 Å². The zero-order chi connectivity index (χ0) is 12.2. The number of hydrogen-bond donors (Lipinski definition) is 1. The van der Waals surface area contributed by atoms with Crippen LogP contribution < -0.4 is 5.32 Å². The van der Waals surface area contributed by atoms with E-state index in [9.17, 15) is 0 Å². The highest BCUT2D eigenvalue weighted by Crippen LogP contribution is 2.31. The van der Waals surface area contributed by atoms with E-state index in [4.69, 9.17) is 0 Å². The highest BCUT2D eigenvalue weighted by molar-refractivity contribution is 5.08. The van der Waals surface area contributed by atoms with Gasteiger partial charge in [0.15, 0.2) is 0 Å². The van der Waals surface area contributed by atoms with E-state index in [0.29, 0.717) is 12.1 Å². The molecule has 1 saturated carbocycles. The molecule has 1 aliphatic heterocycles. The molecule has 18 heavy (non-hydrogen) atoms. The molecule has 2 heterocycles. The summed E-state index contributed by atoms with van der Waals surface area (Å²) in [5.41, 5.74) is 1.43. The van der Waals surface area contributed by atoms with E-state index in [1.165, 1.54) is 70.0 Å². The predicted octanol–water partition coefficient (Wildman–Crippen LogP) is 3.59. The molecule has 1 atom stereocenters. The fourth-order valence-electron chi connectivity index (χ4n) is 3.54. The van der Waals surface area contributed by atoms with E-state index in [1.54, 1.807) is 0 Å². The summed E-state index contributed by atoms with van der Waals surface area (Å²) in [4.78, 5) is 4.42. The summed E-state index contributed by atoms with van der Waals surface area (Å²) in [7, 11) is 0. The van der Waals surface area contributed by atoms with Gasteiger partial charge in [-0.3, -0.25) is 0 Å². The third-order valence-electron chi connectivity index (χ3n) is 4.58. The molecule has 1 unspecified atom stereocenters. The molecule has 1 aliphatic carbocycles. The molecule has 100 valence electrons. The largest absolute Gasteiger partial charge is 0.330 e. The van der Waals surface area contributed by atoms with Crippen LogP contribution >= 0.6 is 0 Å². The zero-order valence-electron chi connectivity index (χ0n) is 11.3. The Morgan fingerprint density at radius 3 is 2.50 bits per heavy atom. The summed E-state index contributed by atoms with van der Waals surface area (Å²) >= 11 is 0. The fraction of sp³-hybridized carbons (Fsp3) is 0.800. The van der Waals surface area contributed by atoms with Crippen molar-refractivity contribution in [3.63, 3.8) is 0 Å². The highest BCUT2D eigenvalue weighted by Gasteiger charge is 2.23. The van der Waals surface area contributed by atoms with Crippen LogP contribution in [0.15, 0.2) is 12.5 Å². The minimum absolute atomic E-state index is 0.554. The molecule has 0 bridgehead atoms. The summed E-state index contributed by atoms with van der Waals surface area (Å²) in [6.45, 7) is 1.17. The van der Waals surface area contributed by atoms with Crippen LogP contribution in [0.1, 0.15) is 75.6 Å². The molecule has 2 fully saturated rings. The molecule has 3 heteroatoms. The van der Waals surface area contributed by atoms with E-state index in [1.807, 2.05) is 0 Å². The van der Waals surface area contributed by atoms with E-state index in [0.717, 1.165) is 0 Å². The first kappa shape index (κ1) is 12.2. The van der Waals surface area contributed by atoms with Crippen LogP contribution in [-0.2, 0) is 0 Å². The van der Waals surface area contributed by atoms with Gasteiger partial charge in [0, 0.05) is 18.3 Å². The first-order valence-corrected chi connectivity index (χ1v) is 7.70. The summed E-state index contributed by atoms with van der Waals surface area (Å²) in [6, 6.07) is 1.25. The van der Waals surface area contributed by atoms with Crippen LogP contribution in [0.2, 0.25) is 0 Å². The molecule has 0 spiro atoms. The van der Waals surface area contributed by atoms with E-state index in [2.05, 4.69) is 27.4 Å². The van der Waals surface area contributed by atoms with Gasteiger partial charge < -0.3 is 9.88 Å². The van der Waals surface area contributed by atoms with Gasteiger partial charge in [0.25, 0.3) is 0 Å². The second-order valence-electron chi connectivity index (χ2n) is 5.87. The second kappa shape index (κ2) is 5.87. The van der Waals surface area contributed by atoms with Gasteiger partial charge in [-0.05, 0) is 32.2 Å². The number of nitrogens with zero attached hydrogens (tertiary/aromatic N) is 2. The molecule has 0 radical (unpaired) electrons. The van der Waals surface area contributed by atoms with Crippen molar-refractivity contribution in [2.45, 2.75) is 69.9 Å². The van der Waals surface area contributed by atoms with Gasteiger partial charge in [-0.1, -0.05) is 32.1 Å². The maximum absolute atomic E-state index is 4.42. The van der Waals surface area contributed by atoms with Gasteiger partial charge in [-0.2, -0.15) is 0 Å². The lowest BCUT2D eigenvalue weighted by Crippen LogP contribution is -2.20. The van der Waals surface area contributed by atoms with Crippen LogP contribution in [0.25, 0.3) is 0 Å². The molecule has 0 aromatic carbocycles. The Morgan fingerprint density at radius 2 is 1.78 bits per heavy atom. The minimum Gasteiger partial charge on any atom is -0.330 e. The first-order chi connectivity index (χ1) is 8.95. The third kappa shape index (κ3) is 2.61. The van der Waals surface area contributed by atoms with Crippen LogP contribution in [0.4, 0.5) is 0 Å². The monoisotopic (exact) mass is 247 g/mol. The van der Waals surface area contributed by atoms with Crippen molar-refractivity contribution in [3.8, 4) is 0 Å². The summed E-state index contributed by atoms with van der Waals surface area (Å²) in [6.07, 6.45) is 16.5. The normalized spacial score (nSPS) is 27.0. The third-order valence-corrected chi connectivity index (χ3v) is 4.58. The van der Waals surface area contributed by atoms with Gasteiger partial charge in [0.2, 0.25) is 0 Å². The standard InChI is InChI=1S/C15H25N3/c1-2-4-7-13(8-5-3-1)18-12-16-11-15(18)14-9-6-10-17-14/h11-14,17H,1-10H2. The number of hydrogen-bond acceptors (Lipinski definition) is 2. The van der Waals surface area contributed by atoms with Crippen LogP contribution in [0.3, 0.4) is 0 Å². The number of nitrogens with one attached hydrogen (secondary N) is 1. The van der Waals surface area contributed by atoms with Crippen LogP contribution in [-0.4, -0.2) is 16.1 Å². The van der Waals surface area contributed by atoms with Crippen molar-refractivity contribution in [2.24, 2.45) is 0 Å². The van der Waals surface area contributed by atoms with E-state index < -0.39 is 0 Å². The maximum Gasteiger partial charge on any atom is 0.0951 e. The minimum atomic E-state index is 0.554. The van der Waals surface area contributed by atoms with Crippen molar-refractivity contribution < 1.29 is 0 Å². The van der Waals surface area contributed by atoms with Crippen molar-refractivity contribution in [2.75, 3.05) is 6.54 Å². The average molecular weight is 247 g/mol. The first-order valence-electron chi connectivity index (χ1n) is 7.70. The molecule has 1 aromatic rings. The molecule has 0 amide bonds. The topological polar surface area (TPSA) is 29.9 Å². The van der Waals surface area contributed by atoms with Gasteiger partial charge in [0.1, 0.15) is 0 Å². The molecule has 3 nitrogen and oxygen atoms in total. The Labute approximate surface area is 110 Å². The molecule has 2 aliphatic rings. The molecular formula is C15H25N3. The highest BCUT2D eigenvalue weighted by atomic mass is 15.1. The smallest absolute Gasteiger partial charge is 0.0951 e. The van der Waals surface area contributed by atoms with Crippen molar-refractivity contribution >= 4 is 0 Å². The van der Waals surface area contributed by atoms with E-state index in [-0.39, 0.29) is 0 Å². The van der Waals surface area contributed by atoms with Gasteiger partial charge >= 0.3 is 0 Å². The predicted molar refractivity (Wildman–Crippen MR) is 73.6 cm³/mol. The molecule has 1 saturated heterocycles. The second-order valence-corrected chi connectivity index (χ2v) is 5.87. The Bertz CT molecular complexity index is 358. The number of rotatable bonds is 2. The van der Waals surface area contributed by atoms with Crippen molar-refractivity contribution in [1.29, 1.82) is 0 Å². The van der Waals surface area contributed by atoms with Crippen molar-refractivity contribution in [3.05, 3.63) is 18.2 Å². The Kier molecular flexibility index (Phi) is 3.99. The lowest BCUT2D eigenvalue weighted by Gasteiger charge is -2.25.